The monoisotopic (exact) mass is 339 g/mol. The molecule has 1 heterocycles. The van der Waals surface area contributed by atoms with E-state index in [4.69, 9.17) is 9.47 Å². The molecule has 4 nitrogen and oxygen atoms in total. The van der Waals surface area contributed by atoms with E-state index in [1.165, 1.54) is 0 Å². The van der Waals surface area contributed by atoms with Gasteiger partial charge in [0.25, 0.3) is 0 Å². The molecule has 2 aromatic rings. The number of rotatable bonds is 4. The number of carbonyl (C=O) groups is 1. The first-order chi connectivity index (χ1) is 11.9. The Morgan fingerprint density at radius 1 is 1.08 bits per heavy atom. The van der Waals surface area contributed by atoms with Crippen molar-refractivity contribution in [3.8, 4) is 0 Å². The van der Waals surface area contributed by atoms with Gasteiger partial charge in [-0.1, -0.05) is 60.7 Å². The molecule has 1 fully saturated rings. The summed E-state index contributed by atoms with van der Waals surface area (Å²) in [6, 6.07) is 20.0. The van der Waals surface area contributed by atoms with Crippen LogP contribution in [-0.2, 0) is 16.0 Å². The smallest absolute Gasteiger partial charge is 0.411 e. The fraction of sp³-hybridized carbons (Fsp3) is 0.381. The molecule has 0 spiro atoms. The highest BCUT2D eigenvalue weighted by molar-refractivity contribution is 5.69. The Bertz CT molecular complexity index is 694. The van der Waals surface area contributed by atoms with Crippen LogP contribution in [0.1, 0.15) is 38.0 Å². The molecule has 0 bridgehead atoms. The highest BCUT2D eigenvalue weighted by Crippen LogP contribution is 2.35. The van der Waals surface area contributed by atoms with Gasteiger partial charge in [-0.2, -0.15) is 0 Å². The molecule has 25 heavy (non-hydrogen) atoms. The zero-order valence-electron chi connectivity index (χ0n) is 15.0. The van der Waals surface area contributed by atoms with Crippen molar-refractivity contribution in [1.29, 1.82) is 0 Å². The van der Waals surface area contributed by atoms with Crippen molar-refractivity contribution in [1.82, 2.24) is 4.90 Å². The second kappa shape index (κ2) is 7.28. The molecule has 0 unspecified atom stereocenters. The Kier molecular flexibility index (Phi) is 5.09. The minimum atomic E-state index is -0.529. The van der Waals surface area contributed by atoms with E-state index in [1.807, 2.05) is 81.4 Å². The number of ether oxygens (including phenoxy) is 2. The SMILES string of the molecule is CC(C)(C)OC(=O)N(Cc1ccccc1)[C@H]1CO[C@H]1c1ccccc1. The van der Waals surface area contributed by atoms with Gasteiger partial charge >= 0.3 is 6.09 Å². The van der Waals surface area contributed by atoms with Crippen LogP contribution in [-0.4, -0.2) is 29.2 Å². The quantitative estimate of drug-likeness (QED) is 0.819. The van der Waals surface area contributed by atoms with E-state index in [0.717, 1.165) is 11.1 Å². The van der Waals surface area contributed by atoms with Crippen LogP contribution in [0.15, 0.2) is 60.7 Å². The minimum Gasteiger partial charge on any atom is -0.444 e. The molecule has 1 saturated heterocycles. The van der Waals surface area contributed by atoms with E-state index in [-0.39, 0.29) is 18.2 Å². The van der Waals surface area contributed by atoms with Crippen molar-refractivity contribution in [3.05, 3.63) is 71.8 Å². The van der Waals surface area contributed by atoms with E-state index < -0.39 is 5.60 Å². The van der Waals surface area contributed by atoms with Crippen molar-refractivity contribution >= 4 is 6.09 Å². The number of benzene rings is 2. The number of carbonyl (C=O) groups excluding carboxylic acids is 1. The first-order valence-corrected chi connectivity index (χ1v) is 8.64. The number of hydrogen-bond donors (Lipinski definition) is 0. The Hall–Kier alpha value is -2.33. The summed E-state index contributed by atoms with van der Waals surface area (Å²) < 4.78 is 11.4. The molecule has 0 saturated carbocycles. The summed E-state index contributed by atoms with van der Waals surface area (Å²) in [6.45, 7) is 6.69. The second-order valence-electron chi connectivity index (χ2n) is 7.33. The molecule has 1 aliphatic rings. The van der Waals surface area contributed by atoms with Crippen LogP contribution in [0.25, 0.3) is 0 Å². The molecule has 0 N–H and O–H groups in total. The molecule has 2 aromatic carbocycles. The van der Waals surface area contributed by atoms with Crippen molar-refractivity contribution in [3.63, 3.8) is 0 Å². The Labute approximate surface area is 149 Å². The lowest BCUT2D eigenvalue weighted by Gasteiger charge is -2.44. The average Bonchev–Trinajstić information content (AvgIpc) is 2.53. The average molecular weight is 339 g/mol. The predicted molar refractivity (Wildman–Crippen MR) is 97.1 cm³/mol. The summed E-state index contributed by atoms with van der Waals surface area (Å²) in [7, 11) is 0. The summed E-state index contributed by atoms with van der Waals surface area (Å²) in [6.07, 6.45) is -0.414. The summed E-state index contributed by atoms with van der Waals surface area (Å²) in [5, 5.41) is 0. The molecule has 0 radical (unpaired) electrons. The lowest BCUT2D eigenvalue weighted by molar-refractivity contribution is -0.137. The normalized spacial score (nSPS) is 19.8. The molecule has 132 valence electrons. The first kappa shape index (κ1) is 17.5. The van der Waals surface area contributed by atoms with Crippen LogP contribution in [0.2, 0.25) is 0 Å². The van der Waals surface area contributed by atoms with Gasteiger partial charge in [0.1, 0.15) is 11.7 Å². The zero-order chi connectivity index (χ0) is 17.9. The molecule has 0 aliphatic carbocycles. The third-order valence-electron chi connectivity index (χ3n) is 4.15. The lowest BCUT2D eigenvalue weighted by Crippen LogP contribution is -2.54. The van der Waals surface area contributed by atoms with Gasteiger partial charge in [-0.3, -0.25) is 4.90 Å². The van der Waals surface area contributed by atoms with Crippen molar-refractivity contribution in [2.75, 3.05) is 6.61 Å². The molecule has 1 amide bonds. The Balaban J connectivity index is 1.82. The fourth-order valence-corrected chi connectivity index (χ4v) is 2.91. The van der Waals surface area contributed by atoms with Gasteiger partial charge in [0.05, 0.1) is 12.6 Å². The van der Waals surface area contributed by atoms with Gasteiger partial charge < -0.3 is 9.47 Å². The predicted octanol–water partition coefficient (Wildman–Crippen LogP) is 4.56. The van der Waals surface area contributed by atoms with Gasteiger partial charge in [0.15, 0.2) is 0 Å². The lowest BCUT2D eigenvalue weighted by atomic mass is 9.96. The molecule has 0 aromatic heterocycles. The Morgan fingerprint density at radius 2 is 1.68 bits per heavy atom. The molecule has 2 atom stereocenters. The molecule has 4 heteroatoms. The zero-order valence-corrected chi connectivity index (χ0v) is 15.0. The van der Waals surface area contributed by atoms with E-state index in [2.05, 4.69) is 0 Å². The van der Waals surface area contributed by atoms with E-state index in [0.29, 0.717) is 13.2 Å². The molecular formula is C21H25NO3. The maximum Gasteiger partial charge on any atom is 0.411 e. The largest absolute Gasteiger partial charge is 0.444 e. The summed E-state index contributed by atoms with van der Waals surface area (Å²) in [4.78, 5) is 14.6. The van der Waals surface area contributed by atoms with Gasteiger partial charge in [-0.05, 0) is 31.9 Å². The van der Waals surface area contributed by atoms with Gasteiger partial charge in [-0.15, -0.1) is 0 Å². The highest BCUT2D eigenvalue weighted by Gasteiger charge is 2.41. The van der Waals surface area contributed by atoms with Gasteiger partial charge in [-0.25, -0.2) is 4.79 Å². The van der Waals surface area contributed by atoms with Crippen LogP contribution in [0.4, 0.5) is 4.79 Å². The maximum absolute atomic E-state index is 12.8. The van der Waals surface area contributed by atoms with Crippen molar-refractivity contribution in [2.24, 2.45) is 0 Å². The van der Waals surface area contributed by atoms with Crippen LogP contribution < -0.4 is 0 Å². The summed E-state index contributed by atoms with van der Waals surface area (Å²) in [5.41, 5.74) is 1.63. The molecule has 3 rings (SSSR count). The first-order valence-electron chi connectivity index (χ1n) is 8.64. The van der Waals surface area contributed by atoms with E-state index in [1.54, 1.807) is 4.90 Å². The standard InChI is InChI=1S/C21H25NO3/c1-21(2,3)25-20(23)22(14-16-10-6-4-7-11-16)18-15-24-19(18)17-12-8-5-9-13-17/h4-13,18-19H,14-15H2,1-3H3/t18-,19-/m0/s1. The van der Waals surface area contributed by atoms with Crippen LogP contribution >= 0.6 is 0 Å². The van der Waals surface area contributed by atoms with Crippen molar-refractivity contribution < 1.29 is 14.3 Å². The van der Waals surface area contributed by atoms with E-state index >= 15 is 0 Å². The number of hydrogen-bond acceptors (Lipinski definition) is 3. The highest BCUT2D eigenvalue weighted by atomic mass is 16.6. The van der Waals surface area contributed by atoms with Gasteiger partial charge in [0.2, 0.25) is 0 Å². The second-order valence-corrected chi connectivity index (χ2v) is 7.33. The summed E-state index contributed by atoms with van der Waals surface area (Å²) in [5.74, 6) is 0. The topological polar surface area (TPSA) is 38.8 Å². The maximum atomic E-state index is 12.8. The van der Waals surface area contributed by atoms with Crippen molar-refractivity contribution in [2.45, 2.75) is 45.1 Å². The minimum absolute atomic E-state index is 0.0301. The third kappa shape index (κ3) is 4.40. The summed E-state index contributed by atoms with van der Waals surface area (Å²) >= 11 is 0. The third-order valence-corrected chi connectivity index (χ3v) is 4.15. The fourth-order valence-electron chi connectivity index (χ4n) is 2.91. The molecule has 1 aliphatic heterocycles. The van der Waals surface area contributed by atoms with Crippen LogP contribution in [0, 0.1) is 0 Å². The van der Waals surface area contributed by atoms with E-state index in [9.17, 15) is 4.79 Å². The number of nitrogens with zero attached hydrogens (tertiary/aromatic N) is 1. The molecular weight excluding hydrogens is 314 g/mol. The van der Waals surface area contributed by atoms with Gasteiger partial charge in [0, 0.05) is 6.54 Å². The van der Waals surface area contributed by atoms with Crippen LogP contribution in [0.5, 0.6) is 0 Å². The Morgan fingerprint density at radius 3 is 2.20 bits per heavy atom. The van der Waals surface area contributed by atoms with Crippen LogP contribution in [0.3, 0.4) is 0 Å². The number of amides is 1.